The van der Waals surface area contributed by atoms with E-state index in [9.17, 15) is 19.8 Å². The second kappa shape index (κ2) is 50.8. The van der Waals surface area contributed by atoms with Crippen LogP contribution in [0.15, 0.2) is 97.2 Å². The quantitative estimate of drug-likeness (QED) is 0.0245. The van der Waals surface area contributed by atoms with Crippen LogP contribution in [0.25, 0.3) is 0 Å². The van der Waals surface area contributed by atoms with E-state index in [1.54, 1.807) is 0 Å². The van der Waals surface area contributed by atoms with Gasteiger partial charge in [-0.2, -0.15) is 0 Å². The van der Waals surface area contributed by atoms with Gasteiger partial charge in [-0.1, -0.05) is 240 Å². The summed E-state index contributed by atoms with van der Waals surface area (Å²) in [5.41, 5.74) is 0. The first-order valence-corrected chi connectivity index (χ1v) is 26.5. The van der Waals surface area contributed by atoms with Gasteiger partial charge in [0.15, 0.2) is 0 Å². The third-order valence-corrected chi connectivity index (χ3v) is 11.5. The lowest BCUT2D eigenvalue weighted by molar-refractivity contribution is -0.150. The van der Waals surface area contributed by atoms with Gasteiger partial charge in [-0.15, -0.1) is 0 Å². The molecule has 3 atom stereocenters. The van der Waals surface area contributed by atoms with Crippen LogP contribution in [0.2, 0.25) is 0 Å². The summed E-state index contributed by atoms with van der Waals surface area (Å²) < 4.78 is 5.87. The van der Waals surface area contributed by atoms with Gasteiger partial charge in [0.25, 0.3) is 0 Å². The summed E-state index contributed by atoms with van der Waals surface area (Å²) in [5.74, 6) is -0.608. The summed E-state index contributed by atoms with van der Waals surface area (Å²) in [6, 6.07) is -0.741. The van der Waals surface area contributed by atoms with Gasteiger partial charge in [0.2, 0.25) is 5.91 Å². The Bertz CT molecular complexity index is 1270. The highest BCUT2D eigenvalue weighted by molar-refractivity contribution is 5.77. The van der Waals surface area contributed by atoms with Crippen molar-refractivity contribution in [2.75, 3.05) is 6.61 Å². The van der Waals surface area contributed by atoms with Gasteiger partial charge < -0.3 is 20.3 Å². The fourth-order valence-corrected chi connectivity index (χ4v) is 7.42. The maximum absolute atomic E-state index is 13.2. The molecule has 0 aromatic rings. The number of aliphatic hydroxyl groups is 2. The minimum Gasteiger partial charge on any atom is -0.461 e. The molecule has 3 N–H and O–H groups in total. The molecule has 0 saturated carbocycles. The number of carbonyl (C=O) groups is 2. The van der Waals surface area contributed by atoms with E-state index < -0.39 is 18.2 Å². The molecule has 0 bridgehead atoms. The maximum atomic E-state index is 13.2. The summed E-state index contributed by atoms with van der Waals surface area (Å²) in [6.45, 7) is 6.38. The van der Waals surface area contributed by atoms with Gasteiger partial charge in [0.05, 0.1) is 25.2 Å². The van der Waals surface area contributed by atoms with Crippen LogP contribution >= 0.6 is 0 Å². The molecule has 0 rings (SSSR count). The van der Waals surface area contributed by atoms with Gasteiger partial charge in [-0.05, 0) is 70.6 Å². The highest BCUT2D eigenvalue weighted by Gasteiger charge is 2.23. The van der Waals surface area contributed by atoms with Crippen molar-refractivity contribution in [3.8, 4) is 0 Å². The molecule has 366 valence electrons. The molecule has 0 saturated heterocycles. The molecule has 0 aromatic heterocycles. The number of ether oxygens (including phenoxy) is 1. The summed E-state index contributed by atoms with van der Waals surface area (Å²) in [4.78, 5) is 26.1. The van der Waals surface area contributed by atoms with Crippen molar-refractivity contribution in [1.82, 2.24) is 5.32 Å². The van der Waals surface area contributed by atoms with Crippen LogP contribution in [0.3, 0.4) is 0 Å². The van der Waals surface area contributed by atoms with Gasteiger partial charge in [0, 0.05) is 12.8 Å². The molecule has 6 heteroatoms. The highest BCUT2D eigenvalue weighted by atomic mass is 16.5. The van der Waals surface area contributed by atoms with Crippen molar-refractivity contribution in [2.24, 2.45) is 0 Å². The number of carbonyl (C=O) groups excluding carboxylic acids is 2. The van der Waals surface area contributed by atoms with Crippen LogP contribution < -0.4 is 5.32 Å². The molecular weight excluding hydrogens is 791 g/mol. The van der Waals surface area contributed by atoms with E-state index in [0.717, 1.165) is 83.5 Å². The Balaban J connectivity index is 4.77. The summed E-state index contributed by atoms with van der Waals surface area (Å²) in [6.07, 6.45) is 67.6. The molecule has 0 spiro atoms. The number of allylic oxidation sites excluding steroid dienone is 15. The first-order valence-electron chi connectivity index (χ1n) is 26.5. The molecule has 3 unspecified atom stereocenters. The minimum atomic E-state index is -0.820. The molecule has 0 heterocycles. The zero-order valence-corrected chi connectivity index (χ0v) is 41.6. The lowest BCUT2D eigenvalue weighted by Crippen LogP contribution is -2.46. The molecule has 0 aliphatic rings. The predicted octanol–water partition coefficient (Wildman–Crippen LogP) is 16.1. The van der Waals surface area contributed by atoms with Crippen LogP contribution in [0.5, 0.6) is 0 Å². The average molecular weight is 890 g/mol. The molecular formula is C58H99NO5. The lowest BCUT2D eigenvalue weighted by atomic mass is 10.0. The standard InChI is InChI=1S/C58H99NO5/c1-4-7-10-13-16-19-22-25-27-28-29-31-33-36-39-42-45-48-51-58(63)64-54(49-46-43-40-37-34-32-30-26-23-20-17-14-11-8-5-2)52-57(62)59-55(53-60)56(61)50-47-44-41-38-35-24-21-18-15-12-9-6-3/h16-17,19-20,22,25-31,34,37,43,46,54-56,60-61H,4-15,18,21,23-24,32-33,35-36,38-42,44-45,47-53H2,1-3H3,(H,59,62)/b19-16+,20-17-,25-22+,28-27+,30-26-,31-29+,37-34-,46-43-. The van der Waals surface area contributed by atoms with Gasteiger partial charge in [-0.25, -0.2) is 0 Å². The zero-order valence-electron chi connectivity index (χ0n) is 41.6. The molecule has 64 heavy (non-hydrogen) atoms. The van der Waals surface area contributed by atoms with Crippen molar-refractivity contribution in [3.63, 3.8) is 0 Å². The Kier molecular flexibility index (Phi) is 48.2. The normalized spacial score (nSPS) is 14.0. The highest BCUT2D eigenvalue weighted by Crippen LogP contribution is 2.16. The van der Waals surface area contributed by atoms with Crippen LogP contribution in [-0.4, -0.2) is 46.9 Å². The number of aliphatic hydroxyl groups excluding tert-OH is 2. The van der Waals surface area contributed by atoms with E-state index in [4.69, 9.17) is 4.74 Å². The van der Waals surface area contributed by atoms with Crippen molar-refractivity contribution < 1.29 is 24.5 Å². The van der Waals surface area contributed by atoms with Crippen molar-refractivity contribution in [3.05, 3.63) is 97.2 Å². The smallest absolute Gasteiger partial charge is 0.306 e. The van der Waals surface area contributed by atoms with E-state index in [1.165, 1.54) is 103 Å². The fourth-order valence-electron chi connectivity index (χ4n) is 7.42. The Labute approximate surface area is 395 Å². The van der Waals surface area contributed by atoms with Gasteiger partial charge in [0.1, 0.15) is 6.10 Å². The predicted molar refractivity (Wildman–Crippen MR) is 277 cm³/mol. The average Bonchev–Trinajstić information content (AvgIpc) is 3.29. The molecule has 6 nitrogen and oxygen atoms in total. The molecule has 0 aromatic carbocycles. The van der Waals surface area contributed by atoms with Gasteiger partial charge in [-0.3, -0.25) is 9.59 Å². The van der Waals surface area contributed by atoms with E-state index in [1.807, 2.05) is 12.2 Å². The van der Waals surface area contributed by atoms with Crippen LogP contribution in [0.4, 0.5) is 0 Å². The first-order chi connectivity index (χ1) is 31.5. The van der Waals surface area contributed by atoms with Crippen LogP contribution in [0.1, 0.15) is 233 Å². The number of unbranched alkanes of at least 4 members (excludes halogenated alkanes) is 22. The second-order valence-electron chi connectivity index (χ2n) is 17.7. The summed E-state index contributed by atoms with van der Waals surface area (Å²) in [7, 11) is 0. The molecule has 0 aliphatic heterocycles. The van der Waals surface area contributed by atoms with E-state index in [0.29, 0.717) is 19.3 Å². The molecule has 1 amide bonds. The number of amides is 1. The summed E-state index contributed by atoms with van der Waals surface area (Å²) >= 11 is 0. The van der Waals surface area contributed by atoms with E-state index in [2.05, 4.69) is 111 Å². The van der Waals surface area contributed by atoms with Crippen LogP contribution in [0, 0.1) is 0 Å². The number of esters is 1. The fraction of sp³-hybridized carbons (Fsp3) is 0.690. The Hall–Kier alpha value is -3.22. The Morgan fingerprint density at radius 2 is 0.891 bits per heavy atom. The van der Waals surface area contributed by atoms with Crippen molar-refractivity contribution in [1.29, 1.82) is 0 Å². The molecule has 0 fully saturated rings. The lowest BCUT2D eigenvalue weighted by Gasteiger charge is -2.24. The number of hydrogen-bond acceptors (Lipinski definition) is 5. The number of rotatable bonds is 46. The third-order valence-electron chi connectivity index (χ3n) is 11.5. The minimum absolute atomic E-state index is 0.0131. The monoisotopic (exact) mass is 890 g/mol. The maximum Gasteiger partial charge on any atom is 0.306 e. The number of hydrogen-bond donors (Lipinski definition) is 3. The Morgan fingerprint density at radius 3 is 1.42 bits per heavy atom. The molecule has 0 radical (unpaired) electrons. The largest absolute Gasteiger partial charge is 0.461 e. The number of nitrogens with one attached hydrogen (secondary N) is 1. The van der Waals surface area contributed by atoms with E-state index >= 15 is 0 Å². The third kappa shape index (κ3) is 45.4. The molecule has 0 aliphatic carbocycles. The zero-order chi connectivity index (χ0) is 46.7. The van der Waals surface area contributed by atoms with Gasteiger partial charge >= 0.3 is 5.97 Å². The van der Waals surface area contributed by atoms with Crippen molar-refractivity contribution >= 4 is 11.9 Å². The van der Waals surface area contributed by atoms with Crippen LogP contribution in [-0.2, 0) is 14.3 Å². The van der Waals surface area contributed by atoms with Crippen molar-refractivity contribution in [2.45, 2.75) is 251 Å². The topological polar surface area (TPSA) is 95.9 Å². The summed E-state index contributed by atoms with van der Waals surface area (Å²) in [5, 5.41) is 23.7. The first kappa shape index (κ1) is 60.8. The Morgan fingerprint density at radius 1 is 0.484 bits per heavy atom. The SMILES string of the molecule is CCCCC/C=C\C/C=C\C/C=C\C/C=C\CC(CC(=O)NC(CO)C(O)CCCCCCCCCCCCCC)OC(=O)CCCCCCC/C=C/C=C/C=C/C=C/CCCCC. The second-order valence-corrected chi connectivity index (χ2v) is 17.7. The van der Waals surface area contributed by atoms with E-state index in [-0.39, 0.29) is 24.9 Å².